The summed E-state index contributed by atoms with van der Waals surface area (Å²) in [4.78, 5) is 12.7. The Morgan fingerprint density at radius 3 is 2.33 bits per heavy atom. The Hall–Kier alpha value is -1.93. The second-order valence-electron chi connectivity index (χ2n) is 4.97. The summed E-state index contributed by atoms with van der Waals surface area (Å²) in [7, 11) is 0. The zero-order chi connectivity index (χ0) is 17.1. The van der Waals surface area contributed by atoms with Gasteiger partial charge in [0, 0.05) is 18.3 Å². The van der Waals surface area contributed by atoms with Crippen LogP contribution < -0.4 is 9.47 Å². The molecular weight excluding hydrogens is 441 g/mol. The van der Waals surface area contributed by atoms with E-state index in [0.717, 1.165) is 9.39 Å². The molecule has 24 heavy (non-hydrogen) atoms. The summed E-state index contributed by atoms with van der Waals surface area (Å²) in [5, 5.41) is 0.375. The minimum Gasteiger partial charge on any atom is -0.455 e. The van der Waals surface area contributed by atoms with Crippen LogP contribution in [-0.4, -0.2) is 15.0 Å². The predicted molar refractivity (Wildman–Crippen MR) is 100 cm³/mol. The molecule has 0 atom stereocenters. The first-order valence-corrected chi connectivity index (χ1v) is 8.55. The van der Waals surface area contributed by atoms with E-state index in [4.69, 9.17) is 21.1 Å². The third-order valence-electron chi connectivity index (χ3n) is 3.16. The fourth-order valence-corrected chi connectivity index (χ4v) is 2.71. The van der Waals surface area contributed by atoms with Gasteiger partial charge in [-0.15, -0.1) is 0 Å². The van der Waals surface area contributed by atoms with E-state index in [2.05, 4.69) is 37.5 Å². The van der Waals surface area contributed by atoms with Crippen LogP contribution in [-0.2, 0) is 0 Å². The van der Waals surface area contributed by atoms with Gasteiger partial charge in [0.1, 0.15) is 20.4 Å². The molecule has 0 aliphatic carbocycles. The molecule has 3 aromatic rings. The van der Waals surface area contributed by atoms with E-state index >= 15 is 0 Å². The highest BCUT2D eigenvalue weighted by molar-refractivity contribution is 14.1. The normalized spacial score (nSPS) is 10.5. The minimum absolute atomic E-state index is 0.375. The van der Waals surface area contributed by atoms with Crippen LogP contribution in [0.4, 0.5) is 0 Å². The summed E-state index contributed by atoms with van der Waals surface area (Å²) in [6.45, 7) is 3.75. The van der Waals surface area contributed by atoms with E-state index in [-0.39, 0.29) is 0 Å². The van der Waals surface area contributed by atoms with Crippen LogP contribution in [0.1, 0.15) is 11.4 Å². The number of pyridine rings is 3. The Morgan fingerprint density at radius 1 is 0.917 bits per heavy atom. The molecule has 5 nitrogen and oxygen atoms in total. The average Bonchev–Trinajstić information content (AvgIpc) is 2.53. The maximum absolute atomic E-state index is 5.86. The maximum Gasteiger partial charge on any atom is 0.219 e. The van der Waals surface area contributed by atoms with E-state index in [9.17, 15) is 0 Å². The monoisotopic (exact) mass is 453 g/mol. The van der Waals surface area contributed by atoms with Gasteiger partial charge < -0.3 is 9.47 Å². The largest absolute Gasteiger partial charge is 0.455 e. The lowest BCUT2D eigenvalue weighted by atomic mass is 10.3. The molecule has 0 aliphatic heterocycles. The van der Waals surface area contributed by atoms with Gasteiger partial charge in [-0.2, -0.15) is 0 Å². The average molecular weight is 454 g/mol. The summed E-state index contributed by atoms with van der Waals surface area (Å²) >= 11 is 8.02. The van der Waals surface area contributed by atoms with Gasteiger partial charge >= 0.3 is 0 Å². The summed E-state index contributed by atoms with van der Waals surface area (Å²) in [5.41, 5.74) is 1.52. The number of hydrogen-bond donors (Lipinski definition) is 0. The highest BCUT2D eigenvalue weighted by atomic mass is 127. The standard InChI is InChI=1S/C17H13ClIN3O2/c1-10-14(3-5-16(19)21-10)24-17-6-4-13(11(2)22-17)23-12-7-8-20-15(18)9-12/h3-9H,1-2H3. The summed E-state index contributed by atoms with van der Waals surface area (Å²) in [6.07, 6.45) is 1.59. The molecule has 0 bridgehead atoms. The second kappa shape index (κ2) is 7.31. The highest BCUT2D eigenvalue weighted by Gasteiger charge is 2.09. The molecule has 0 saturated carbocycles. The molecule has 0 radical (unpaired) electrons. The highest BCUT2D eigenvalue weighted by Crippen LogP contribution is 2.29. The summed E-state index contributed by atoms with van der Waals surface area (Å²) in [5.74, 6) is 2.39. The van der Waals surface area contributed by atoms with Crippen molar-refractivity contribution in [2.24, 2.45) is 0 Å². The number of hydrogen-bond acceptors (Lipinski definition) is 5. The molecule has 0 aliphatic rings. The number of aryl methyl sites for hydroxylation is 2. The van der Waals surface area contributed by atoms with Crippen molar-refractivity contribution in [1.29, 1.82) is 0 Å². The van der Waals surface area contributed by atoms with Crippen molar-refractivity contribution in [1.82, 2.24) is 15.0 Å². The van der Waals surface area contributed by atoms with Gasteiger partial charge in [0.2, 0.25) is 5.88 Å². The van der Waals surface area contributed by atoms with Gasteiger partial charge in [-0.1, -0.05) is 11.6 Å². The topological polar surface area (TPSA) is 57.1 Å². The molecule has 122 valence electrons. The number of halogens is 2. The first-order valence-electron chi connectivity index (χ1n) is 7.09. The Kier molecular flexibility index (Phi) is 5.15. The van der Waals surface area contributed by atoms with Crippen LogP contribution in [0.3, 0.4) is 0 Å². The summed E-state index contributed by atoms with van der Waals surface area (Å²) in [6, 6.07) is 10.7. The second-order valence-corrected chi connectivity index (χ2v) is 6.46. The predicted octanol–water partition coefficient (Wildman–Crippen LogP) is 5.33. The number of rotatable bonds is 4. The molecule has 0 spiro atoms. The molecular formula is C17H13ClIN3O2. The maximum atomic E-state index is 5.86. The van der Waals surface area contributed by atoms with E-state index in [1.807, 2.05) is 32.0 Å². The molecule has 0 saturated heterocycles. The molecule has 3 rings (SSSR count). The Labute approximate surface area is 158 Å². The fraction of sp³-hybridized carbons (Fsp3) is 0.118. The number of nitrogens with zero attached hydrogens (tertiary/aromatic N) is 3. The lowest BCUT2D eigenvalue weighted by Gasteiger charge is -2.11. The van der Waals surface area contributed by atoms with Gasteiger partial charge in [-0.05, 0) is 60.7 Å². The van der Waals surface area contributed by atoms with Crippen molar-refractivity contribution in [2.75, 3.05) is 0 Å². The van der Waals surface area contributed by atoms with Crippen LogP contribution in [0, 0.1) is 17.5 Å². The minimum atomic E-state index is 0.375. The molecule has 7 heteroatoms. The lowest BCUT2D eigenvalue weighted by molar-refractivity contribution is 0.442. The fourth-order valence-electron chi connectivity index (χ4n) is 2.00. The van der Waals surface area contributed by atoms with E-state index in [1.54, 1.807) is 24.4 Å². The Bertz CT molecular complexity index is 889. The van der Waals surface area contributed by atoms with Crippen LogP contribution in [0.2, 0.25) is 5.15 Å². The molecule has 0 amide bonds. The SMILES string of the molecule is Cc1nc(Oc2ccc(I)nc2C)ccc1Oc1ccnc(Cl)c1. The molecule has 0 unspecified atom stereocenters. The van der Waals surface area contributed by atoms with Crippen LogP contribution >= 0.6 is 34.2 Å². The number of aromatic nitrogens is 3. The Balaban J connectivity index is 1.79. The van der Waals surface area contributed by atoms with Gasteiger partial charge in [-0.25, -0.2) is 15.0 Å². The van der Waals surface area contributed by atoms with Gasteiger partial charge in [-0.3, -0.25) is 0 Å². The van der Waals surface area contributed by atoms with Crippen molar-refractivity contribution in [2.45, 2.75) is 13.8 Å². The van der Waals surface area contributed by atoms with Gasteiger partial charge in [0.25, 0.3) is 0 Å². The van der Waals surface area contributed by atoms with E-state index in [1.165, 1.54) is 0 Å². The molecule has 3 heterocycles. The van der Waals surface area contributed by atoms with Crippen LogP contribution in [0.5, 0.6) is 23.1 Å². The van der Waals surface area contributed by atoms with Crippen molar-refractivity contribution in [3.05, 3.63) is 62.8 Å². The van der Waals surface area contributed by atoms with Gasteiger partial charge in [0.15, 0.2) is 5.75 Å². The van der Waals surface area contributed by atoms with Crippen LogP contribution in [0.25, 0.3) is 0 Å². The first-order chi connectivity index (χ1) is 11.5. The summed E-state index contributed by atoms with van der Waals surface area (Å²) < 4.78 is 12.5. The number of ether oxygens (including phenoxy) is 2. The third kappa shape index (κ3) is 4.12. The quantitative estimate of drug-likeness (QED) is 0.395. The van der Waals surface area contributed by atoms with Crippen molar-refractivity contribution < 1.29 is 9.47 Å². The zero-order valence-electron chi connectivity index (χ0n) is 13.0. The Morgan fingerprint density at radius 2 is 1.62 bits per heavy atom. The van der Waals surface area contributed by atoms with Crippen molar-refractivity contribution in [3.63, 3.8) is 0 Å². The molecule has 3 aromatic heterocycles. The van der Waals surface area contributed by atoms with E-state index in [0.29, 0.717) is 34.0 Å². The van der Waals surface area contributed by atoms with Crippen molar-refractivity contribution in [3.8, 4) is 23.1 Å². The van der Waals surface area contributed by atoms with Gasteiger partial charge in [0.05, 0.1) is 11.4 Å². The first kappa shape index (κ1) is 16.9. The molecule has 0 fully saturated rings. The molecule has 0 aromatic carbocycles. The van der Waals surface area contributed by atoms with Crippen LogP contribution in [0.15, 0.2) is 42.6 Å². The molecule has 0 N–H and O–H groups in total. The zero-order valence-corrected chi connectivity index (χ0v) is 15.9. The third-order valence-corrected chi connectivity index (χ3v) is 3.96. The van der Waals surface area contributed by atoms with Crippen molar-refractivity contribution >= 4 is 34.2 Å². The van der Waals surface area contributed by atoms with E-state index < -0.39 is 0 Å². The smallest absolute Gasteiger partial charge is 0.219 e. The lowest BCUT2D eigenvalue weighted by Crippen LogP contribution is -1.96.